The summed E-state index contributed by atoms with van der Waals surface area (Å²) in [7, 11) is 0. The lowest BCUT2D eigenvalue weighted by atomic mass is 10.1. The maximum atomic E-state index is 13.8. The van der Waals surface area contributed by atoms with E-state index < -0.39 is 6.17 Å². The molecule has 1 aliphatic heterocycles. The maximum absolute atomic E-state index is 13.8. The van der Waals surface area contributed by atoms with Gasteiger partial charge in [-0.3, -0.25) is 0 Å². The maximum Gasteiger partial charge on any atom is 0.318 e. The summed E-state index contributed by atoms with van der Waals surface area (Å²) in [5.41, 5.74) is 0. The van der Waals surface area contributed by atoms with Crippen LogP contribution >= 0.6 is 0 Å². The van der Waals surface area contributed by atoms with Crippen molar-refractivity contribution in [1.29, 1.82) is 0 Å². The molecule has 126 valence electrons. The Labute approximate surface area is 135 Å². The number of aromatic nitrogens is 2. The van der Waals surface area contributed by atoms with Crippen LogP contribution in [0.25, 0.3) is 0 Å². The highest BCUT2D eigenvalue weighted by Crippen LogP contribution is 2.26. The molecule has 1 unspecified atom stereocenters. The number of rotatable bonds is 7. The Balaban J connectivity index is 1.49. The smallest absolute Gasteiger partial charge is 0.318 e. The van der Waals surface area contributed by atoms with E-state index in [1.807, 2.05) is 17.0 Å². The van der Waals surface area contributed by atoms with Crippen LogP contribution < -0.4 is 10.2 Å². The predicted molar refractivity (Wildman–Crippen MR) is 84.2 cm³/mol. The Bertz CT molecular complexity index is 601. The predicted octanol–water partition coefficient (Wildman–Crippen LogP) is 2.50. The summed E-state index contributed by atoms with van der Waals surface area (Å²) in [5, 5.41) is 11.3. The Hall–Kier alpha value is -1.89. The molecule has 2 aromatic heterocycles. The van der Waals surface area contributed by atoms with E-state index in [1.165, 1.54) is 0 Å². The molecule has 1 saturated heterocycles. The van der Waals surface area contributed by atoms with E-state index in [1.54, 1.807) is 13.2 Å². The van der Waals surface area contributed by atoms with Gasteiger partial charge < -0.3 is 19.1 Å². The van der Waals surface area contributed by atoms with E-state index in [2.05, 4.69) is 22.4 Å². The molecular formula is C16H23FN4O2. The average molecular weight is 322 g/mol. The van der Waals surface area contributed by atoms with Gasteiger partial charge in [0.1, 0.15) is 11.9 Å². The molecule has 1 N–H and O–H groups in total. The van der Waals surface area contributed by atoms with Crippen LogP contribution in [0.3, 0.4) is 0 Å². The highest BCUT2D eigenvalue weighted by Gasteiger charge is 2.35. The summed E-state index contributed by atoms with van der Waals surface area (Å²) < 4.78 is 24.6. The normalized spacial score (nSPS) is 22.7. The van der Waals surface area contributed by atoms with Crippen molar-refractivity contribution in [1.82, 2.24) is 15.5 Å². The fourth-order valence-corrected chi connectivity index (χ4v) is 2.94. The van der Waals surface area contributed by atoms with Gasteiger partial charge in [0.25, 0.3) is 0 Å². The van der Waals surface area contributed by atoms with E-state index in [4.69, 9.17) is 8.83 Å². The fourth-order valence-electron chi connectivity index (χ4n) is 2.94. The molecule has 0 spiro atoms. The van der Waals surface area contributed by atoms with E-state index in [-0.39, 0.29) is 6.04 Å². The lowest BCUT2D eigenvalue weighted by Gasteiger charge is -2.24. The minimum atomic E-state index is -0.854. The molecular weight excluding hydrogens is 299 g/mol. The third-order valence-corrected chi connectivity index (χ3v) is 4.23. The van der Waals surface area contributed by atoms with Crippen LogP contribution in [0.5, 0.6) is 0 Å². The van der Waals surface area contributed by atoms with Gasteiger partial charge >= 0.3 is 6.01 Å². The van der Waals surface area contributed by atoms with Crippen LogP contribution in [-0.4, -0.2) is 41.5 Å². The van der Waals surface area contributed by atoms with Crippen molar-refractivity contribution in [3.05, 3.63) is 30.0 Å². The fraction of sp³-hybridized carbons (Fsp3) is 0.625. The van der Waals surface area contributed by atoms with Gasteiger partial charge in [-0.1, -0.05) is 5.10 Å². The molecule has 6 nitrogen and oxygen atoms in total. The van der Waals surface area contributed by atoms with Gasteiger partial charge in [0.05, 0.1) is 12.8 Å². The molecule has 1 aliphatic rings. The molecule has 7 heteroatoms. The molecule has 1 fully saturated rings. The van der Waals surface area contributed by atoms with Crippen molar-refractivity contribution in [2.75, 3.05) is 18.0 Å². The van der Waals surface area contributed by atoms with Gasteiger partial charge in [-0.05, 0) is 25.5 Å². The zero-order valence-electron chi connectivity index (χ0n) is 13.5. The summed E-state index contributed by atoms with van der Waals surface area (Å²) in [6.07, 6.45) is 3.19. The second-order valence-electron chi connectivity index (χ2n) is 6.17. The number of hydrogen-bond donors (Lipinski definition) is 1. The summed E-state index contributed by atoms with van der Waals surface area (Å²) in [6, 6.07) is 4.66. The van der Waals surface area contributed by atoms with Crippen molar-refractivity contribution >= 4 is 6.01 Å². The van der Waals surface area contributed by atoms with E-state index in [0.29, 0.717) is 37.5 Å². The lowest BCUT2D eigenvalue weighted by Crippen LogP contribution is -2.41. The molecule has 2 aromatic rings. The van der Waals surface area contributed by atoms with Gasteiger partial charge in [0.2, 0.25) is 5.89 Å². The molecule has 0 amide bonds. The standard InChI is InChI=1S/C16H23FN4O2/c1-11(5-6-15-4-3-7-22-15)18-9-14-8-13(17)10-21(14)16-20-19-12(2)23-16/h3-4,7,11,13-14,18H,5-6,8-10H2,1-2H3/t11?,13-,14-/m0/s1. The van der Waals surface area contributed by atoms with Crippen LogP contribution in [0, 0.1) is 6.92 Å². The van der Waals surface area contributed by atoms with Crippen molar-refractivity contribution in [3.63, 3.8) is 0 Å². The first-order chi connectivity index (χ1) is 11.1. The molecule has 3 rings (SSSR count). The topological polar surface area (TPSA) is 67.3 Å². The van der Waals surface area contributed by atoms with Gasteiger partial charge in [-0.25, -0.2) is 4.39 Å². The molecule has 0 bridgehead atoms. The Morgan fingerprint density at radius 3 is 3.04 bits per heavy atom. The number of nitrogens with one attached hydrogen (secondary N) is 1. The van der Waals surface area contributed by atoms with E-state index in [9.17, 15) is 4.39 Å². The largest absolute Gasteiger partial charge is 0.469 e. The van der Waals surface area contributed by atoms with Crippen LogP contribution in [0.2, 0.25) is 0 Å². The zero-order valence-corrected chi connectivity index (χ0v) is 13.5. The van der Waals surface area contributed by atoms with Gasteiger partial charge in [-0.2, -0.15) is 0 Å². The van der Waals surface area contributed by atoms with E-state index >= 15 is 0 Å². The summed E-state index contributed by atoms with van der Waals surface area (Å²) in [5.74, 6) is 1.49. The Morgan fingerprint density at radius 2 is 2.35 bits per heavy atom. The summed E-state index contributed by atoms with van der Waals surface area (Å²) >= 11 is 0. The second kappa shape index (κ2) is 7.12. The third-order valence-electron chi connectivity index (χ3n) is 4.23. The lowest BCUT2D eigenvalue weighted by molar-refractivity contribution is 0.351. The molecule has 0 aromatic carbocycles. The van der Waals surface area contributed by atoms with Crippen molar-refractivity contribution < 1.29 is 13.2 Å². The first-order valence-electron chi connectivity index (χ1n) is 8.08. The molecule has 0 radical (unpaired) electrons. The highest BCUT2D eigenvalue weighted by atomic mass is 19.1. The summed E-state index contributed by atoms with van der Waals surface area (Å²) in [4.78, 5) is 1.87. The summed E-state index contributed by atoms with van der Waals surface area (Å²) in [6.45, 7) is 4.88. The first kappa shape index (κ1) is 16.0. The molecule has 0 saturated carbocycles. The number of aryl methyl sites for hydroxylation is 2. The first-order valence-corrected chi connectivity index (χ1v) is 8.08. The third kappa shape index (κ3) is 4.10. The number of alkyl halides is 1. The Kier molecular flexibility index (Phi) is 4.95. The van der Waals surface area contributed by atoms with Crippen LogP contribution in [-0.2, 0) is 6.42 Å². The van der Waals surface area contributed by atoms with Crippen molar-refractivity contribution in [2.45, 2.75) is 51.4 Å². The SMILES string of the molecule is Cc1nnc(N2C[C@@H](F)C[C@H]2CNC(C)CCc2ccco2)o1. The quantitative estimate of drug-likeness (QED) is 0.845. The molecule has 3 heterocycles. The number of halogens is 1. The van der Waals surface area contributed by atoms with Gasteiger partial charge in [-0.15, -0.1) is 5.10 Å². The van der Waals surface area contributed by atoms with Gasteiger partial charge in [0, 0.05) is 38.4 Å². The highest BCUT2D eigenvalue weighted by molar-refractivity contribution is 5.30. The van der Waals surface area contributed by atoms with Crippen LogP contribution in [0.4, 0.5) is 10.4 Å². The number of anilines is 1. The van der Waals surface area contributed by atoms with E-state index in [0.717, 1.165) is 18.6 Å². The average Bonchev–Trinajstić information content (AvgIpc) is 3.24. The van der Waals surface area contributed by atoms with Crippen molar-refractivity contribution in [3.8, 4) is 0 Å². The monoisotopic (exact) mass is 322 g/mol. The molecule has 23 heavy (non-hydrogen) atoms. The van der Waals surface area contributed by atoms with Crippen molar-refractivity contribution in [2.24, 2.45) is 0 Å². The number of hydrogen-bond acceptors (Lipinski definition) is 6. The van der Waals surface area contributed by atoms with Crippen LogP contribution in [0.15, 0.2) is 27.2 Å². The minimum absolute atomic E-state index is 0.0379. The number of nitrogens with zero attached hydrogens (tertiary/aromatic N) is 3. The second-order valence-corrected chi connectivity index (χ2v) is 6.17. The Morgan fingerprint density at radius 1 is 1.48 bits per heavy atom. The number of furan rings is 1. The van der Waals surface area contributed by atoms with Gasteiger partial charge in [0.15, 0.2) is 0 Å². The minimum Gasteiger partial charge on any atom is -0.469 e. The molecule has 0 aliphatic carbocycles. The van der Waals surface area contributed by atoms with Crippen LogP contribution in [0.1, 0.15) is 31.4 Å². The zero-order chi connectivity index (χ0) is 16.2. The molecule has 3 atom stereocenters.